The molecule has 3 aromatic rings. The van der Waals surface area contributed by atoms with E-state index in [1.165, 1.54) is 5.56 Å². The van der Waals surface area contributed by atoms with Gasteiger partial charge in [0.15, 0.2) is 0 Å². The van der Waals surface area contributed by atoms with E-state index in [0.29, 0.717) is 0 Å². The van der Waals surface area contributed by atoms with Crippen molar-refractivity contribution in [3.8, 4) is 0 Å². The fourth-order valence-electron chi connectivity index (χ4n) is 2.27. The number of thiophene rings is 1. The first-order valence-corrected chi connectivity index (χ1v) is 7.72. The number of fused-ring (bicyclic) bond motifs is 1. The quantitative estimate of drug-likeness (QED) is 0.721. The molecule has 0 amide bonds. The summed E-state index contributed by atoms with van der Waals surface area (Å²) < 4.78 is 7.01. The van der Waals surface area contributed by atoms with Crippen molar-refractivity contribution in [3.05, 3.63) is 55.9 Å². The van der Waals surface area contributed by atoms with Crippen LogP contribution in [0.5, 0.6) is 0 Å². The minimum Gasteiger partial charge on any atom is -0.459 e. The molecule has 2 N–H and O–H groups in total. The largest absolute Gasteiger partial charge is 0.459 e. The zero-order valence-electron chi connectivity index (χ0n) is 10.7. The van der Waals surface area contributed by atoms with E-state index < -0.39 is 0 Å². The number of aryl methyl sites for hydroxylation is 2. The Labute approximate surface area is 124 Å². The van der Waals surface area contributed by atoms with E-state index in [4.69, 9.17) is 10.2 Å². The van der Waals surface area contributed by atoms with Crippen molar-refractivity contribution in [1.82, 2.24) is 0 Å². The smallest absolute Gasteiger partial charge is 0.134 e. The summed E-state index contributed by atoms with van der Waals surface area (Å²) in [7, 11) is 0. The molecule has 1 unspecified atom stereocenters. The zero-order chi connectivity index (χ0) is 13.6. The molecule has 0 aliphatic rings. The second-order valence-electron chi connectivity index (χ2n) is 4.74. The van der Waals surface area contributed by atoms with Crippen LogP contribution in [0.25, 0.3) is 11.0 Å². The Hall–Kier alpha value is -1.10. The molecular weight excluding hydrogens is 322 g/mol. The van der Waals surface area contributed by atoms with Gasteiger partial charge < -0.3 is 10.2 Å². The van der Waals surface area contributed by atoms with E-state index in [1.54, 1.807) is 11.3 Å². The monoisotopic (exact) mass is 335 g/mol. The number of hydrogen-bond acceptors (Lipinski definition) is 3. The fourth-order valence-corrected chi connectivity index (χ4v) is 3.71. The SMILES string of the molecule is Cc1ccc2oc(C(N)c3cc(Br)cs3)c(C)c2c1. The van der Waals surface area contributed by atoms with Crippen molar-refractivity contribution in [3.63, 3.8) is 0 Å². The molecule has 0 fully saturated rings. The average molecular weight is 336 g/mol. The number of halogens is 1. The van der Waals surface area contributed by atoms with Crippen LogP contribution >= 0.6 is 27.3 Å². The molecule has 0 aliphatic carbocycles. The minimum atomic E-state index is -0.205. The van der Waals surface area contributed by atoms with E-state index >= 15 is 0 Å². The third kappa shape index (κ3) is 2.24. The van der Waals surface area contributed by atoms with Gasteiger partial charge in [0.25, 0.3) is 0 Å². The predicted molar refractivity (Wildman–Crippen MR) is 83.7 cm³/mol. The molecule has 2 heterocycles. The molecule has 0 aliphatic heterocycles. The van der Waals surface area contributed by atoms with Crippen LogP contribution < -0.4 is 5.73 Å². The summed E-state index contributed by atoms with van der Waals surface area (Å²) in [6.45, 7) is 4.16. The zero-order valence-corrected chi connectivity index (χ0v) is 13.1. The lowest BCUT2D eigenvalue weighted by Crippen LogP contribution is -2.10. The lowest BCUT2D eigenvalue weighted by Gasteiger charge is -2.07. The Morgan fingerprint density at radius 1 is 1.26 bits per heavy atom. The number of furan rings is 1. The van der Waals surface area contributed by atoms with Crippen molar-refractivity contribution < 1.29 is 4.42 Å². The molecular formula is C15H14BrNOS. The fraction of sp³-hybridized carbons (Fsp3) is 0.200. The highest BCUT2D eigenvalue weighted by Crippen LogP contribution is 2.34. The van der Waals surface area contributed by atoms with Crippen molar-refractivity contribution >= 4 is 38.2 Å². The Morgan fingerprint density at radius 3 is 2.74 bits per heavy atom. The standard InChI is InChI=1S/C15H14BrNOS/c1-8-3-4-12-11(5-8)9(2)15(18-12)14(17)13-6-10(16)7-19-13/h3-7,14H,17H2,1-2H3. The van der Waals surface area contributed by atoms with E-state index in [1.807, 2.05) is 17.5 Å². The van der Waals surface area contributed by atoms with Crippen molar-refractivity contribution in [1.29, 1.82) is 0 Å². The maximum Gasteiger partial charge on any atom is 0.134 e. The number of hydrogen-bond donors (Lipinski definition) is 1. The first-order chi connectivity index (χ1) is 9.06. The normalized spacial score (nSPS) is 13.1. The van der Waals surface area contributed by atoms with Gasteiger partial charge in [-0.15, -0.1) is 11.3 Å². The van der Waals surface area contributed by atoms with Gasteiger partial charge in [-0.2, -0.15) is 0 Å². The molecule has 2 nitrogen and oxygen atoms in total. The van der Waals surface area contributed by atoms with E-state index in [0.717, 1.165) is 31.6 Å². The third-order valence-electron chi connectivity index (χ3n) is 3.31. The molecule has 0 bridgehead atoms. The van der Waals surface area contributed by atoms with Gasteiger partial charge in [-0.1, -0.05) is 11.6 Å². The highest BCUT2D eigenvalue weighted by Gasteiger charge is 2.20. The molecule has 0 saturated carbocycles. The van der Waals surface area contributed by atoms with Crippen molar-refractivity contribution in [2.75, 3.05) is 0 Å². The summed E-state index contributed by atoms with van der Waals surface area (Å²) in [5.41, 5.74) is 9.60. The Balaban J connectivity index is 2.12. The number of rotatable bonds is 2. The Morgan fingerprint density at radius 2 is 2.05 bits per heavy atom. The van der Waals surface area contributed by atoms with Crippen LogP contribution in [-0.2, 0) is 0 Å². The lowest BCUT2D eigenvalue weighted by atomic mass is 10.1. The van der Waals surface area contributed by atoms with Crippen LogP contribution in [0, 0.1) is 13.8 Å². The van der Waals surface area contributed by atoms with Crippen LogP contribution in [-0.4, -0.2) is 0 Å². The Bertz CT molecular complexity index is 744. The van der Waals surface area contributed by atoms with Gasteiger partial charge >= 0.3 is 0 Å². The summed E-state index contributed by atoms with van der Waals surface area (Å²) in [5.74, 6) is 0.856. The molecule has 0 radical (unpaired) electrons. The summed E-state index contributed by atoms with van der Waals surface area (Å²) in [5, 5.41) is 3.19. The van der Waals surface area contributed by atoms with Crippen LogP contribution in [0.4, 0.5) is 0 Å². The van der Waals surface area contributed by atoms with Gasteiger partial charge in [-0.05, 0) is 48.0 Å². The second-order valence-corrected chi connectivity index (χ2v) is 6.59. The molecule has 3 rings (SSSR count). The highest BCUT2D eigenvalue weighted by molar-refractivity contribution is 9.10. The first kappa shape index (κ1) is 12.9. The third-order valence-corrected chi connectivity index (χ3v) is 5.08. The van der Waals surface area contributed by atoms with Gasteiger partial charge in [0, 0.05) is 25.7 Å². The van der Waals surface area contributed by atoms with Crippen molar-refractivity contribution in [2.24, 2.45) is 5.73 Å². The molecule has 4 heteroatoms. The summed E-state index contributed by atoms with van der Waals surface area (Å²) in [4.78, 5) is 1.10. The summed E-state index contributed by atoms with van der Waals surface area (Å²) in [6.07, 6.45) is 0. The molecule has 0 spiro atoms. The van der Waals surface area contributed by atoms with Gasteiger partial charge in [0.2, 0.25) is 0 Å². The minimum absolute atomic E-state index is 0.205. The summed E-state index contributed by atoms with van der Waals surface area (Å²) in [6, 6.07) is 8.06. The van der Waals surface area contributed by atoms with Gasteiger partial charge in [-0.25, -0.2) is 0 Å². The Kier molecular flexibility index (Phi) is 3.25. The van der Waals surface area contributed by atoms with Gasteiger partial charge in [0.05, 0.1) is 6.04 Å². The van der Waals surface area contributed by atoms with Crippen molar-refractivity contribution in [2.45, 2.75) is 19.9 Å². The lowest BCUT2D eigenvalue weighted by molar-refractivity contribution is 0.524. The summed E-state index contributed by atoms with van der Waals surface area (Å²) >= 11 is 5.10. The van der Waals surface area contributed by atoms with E-state index in [2.05, 4.69) is 41.9 Å². The maximum atomic E-state index is 6.33. The molecule has 2 aromatic heterocycles. The number of nitrogens with two attached hydrogens (primary N) is 1. The molecule has 19 heavy (non-hydrogen) atoms. The van der Waals surface area contributed by atoms with E-state index in [-0.39, 0.29) is 6.04 Å². The number of benzene rings is 1. The average Bonchev–Trinajstić information content (AvgIpc) is 2.94. The molecule has 0 saturated heterocycles. The first-order valence-electron chi connectivity index (χ1n) is 6.05. The van der Waals surface area contributed by atoms with Gasteiger partial charge in [0.1, 0.15) is 11.3 Å². The van der Waals surface area contributed by atoms with Crippen LogP contribution in [0.2, 0.25) is 0 Å². The second kappa shape index (κ2) is 4.78. The predicted octanol–water partition coefficient (Wildman–Crippen LogP) is 4.92. The highest BCUT2D eigenvalue weighted by atomic mass is 79.9. The molecule has 98 valence electrons. The van der Waals surface area contributed by atoms with Crippen LogP contribution in [0.1, 0.15) is 27.8 Å². The topological polar surface area (TPSA) is 39.2 Å². The van der Waals surface area contributed by atoms with Gasteiger partial charge in [-0.3, -0.25) is 0 Å². The van der Waals surface area contributed by atoms with Crippen LogP contribution in [0.15, 0.2) is 38.5 Å². The molecule has 1 aromatic carbocycles. The molecule has 1 atom stereocenters. The van der Waals surface area contributed by atoms with E-state index in [9.17, 15) is 0 Å². The van der Waals surface area contributed by atoms with Crippen LogP contribution in [0.3, 0.4) is 0 Å². The maximum absolute atomic E-state index is 6.33.